The zero-order chi connectivity index (χ0) is 22.0. The molecule has 0 spiro atoms. The average Bonchev–Trinajstić information content (AvgIpc) is 3.42. The Morgan fingerprint density at radius 2 is 1.87 bits per heavy atom. The van der Waals surface area contributed by atoms with Gasteiger partial charge >= 0.3 is 0 Å². The van der Waals surface area contributed by atoms with E-state index in [2.05, 4.69) is 21.7 Å². The van der Waals surface area contributed by atoms with Gasteiger partial charge in [-0.3, -0.25) is 0 Å². The van der Waals surface area contributed by atoms with Gasteiger partial charge in [0.15, 0.2) is 0 Å². The van der Waals surface area contributed by atoms with E-state index in [1.807, 2.05) is 31.3 Å². The molecule has 1 aromatic heterocycles. The summed E-state index contributed by atoms with van der Waals surface area (Å²) in [5.41, 5.74) is 2.25. The van der Waals surface area contributed by atoms with Gasteiger partial charge in [-0.1, -0.05) is 30.3 Å². The van der Waals surface area contributed by atoms with E-state index in [4.69, 9.17) is 9.47 Å². The number of nitrogens with zero attached hydrogens (tertiary/aromatic N) is 3. The Kier molecular flexibility index (Phi) is 6.02. The molecule has 1 saturated heterocycles. The lowest BCUT2D eigenvalue weighted by atomic mass is 10.1. The van der Waals surface area contributed by atoms with Gasteiger partial charge in [-0.05, 0) is 31.0 Å². The first-order valence-corrected chi connectivity index (χ1v) is 11.7. The summed E-state index contributed by atoms with van der Waals surface area (Å²) >= 11 is 0. The summed E-state index contributed by atoms with van der Waals surface area (Å²) in [6, 6.07) is 15.0. The largest absolute Gasteiger partial charge is 0.497 e. The topological polar surface area (TPSA) is 73.7 Å². The number of hydrogen-bond acceptors (Lipinski definition) is 5. The zero-order valence-corrected chi connectivity index (χ0v) is 18.8. The van der Waals surface area contributed by atoms with E-state index in [9.17, 15) is 8.42 Å². The molecule has 3 aromatic rings. The van der Waals surface area contributed by atoms with Crippen molar-refractivity contribution in [3.05, 3.63) is 71.8 Å². The molecule has 164 valence electrons. The monoisotopic (exact) mass is 441 g/mol. The minimum absolute atomic E-state index is 0.0313. The Bertz CT molecular complexity index is 1160. The van der Waals surface area contributed by atoms with Gasteiger partial charge < -0.3 is 14.0 Å². The van der Waals surface area contributed by atoms with Crippen molar-refractivity contribution in [3.8, 4) is 11.5 Å². The maximum absolute atomic E-state index is 13.4. The normalized spacial score (nSPS) is 17.1. The van der Waals surface area contributed by atoms with E-state index in [1.165, 1.54) is 30.2 Å². The van der Waals surface area contributed by atoms with Crippen LogP contribution in [-0.2, 0) is 16.6 Å². The molecule has 2 aromatic carbocycles. The summed E-state index contributed by atoms with van der Waals surface area (Å²) < 4.78 is 41.0. The van der Waals surface area contributed by atoms with Crippen LogP contribution in [0.2, 0.25) is 0 Å². The van der Waals surface area contributed by atoms with E-state index < -0.39 is 10.0 Å². The third-order valence-corrected chi connectivity index (χ3v) is 7.66. The predicted molar refractivity (Wildman–Crippen MR) is 118 cm³/mol. The van der Waals surface area contributed by atoms with Crippen LogP contribution in [0.4, 0.5) is 0 Å². The summed E-state index contributed by atoms with van der Waals surface area (Å²) in [4.78, 5) is 4.76. The second kappa shape index (κ2) is 8.72. The number of methoxy groups -OCH3 is 2. The van der Waals surface area contributed by atoms with Crippen LogP contribution in [0.3, 0.4) is 0 Å². The standard InChI is InChI=1S/C23H27N3O4S/c1-17-14-24-23(26(17)15-18-7-5-4-6-8-18)19-11-12-25(16-19)31(27,28)22-13-20(29-2)9-10-21(22)30-3/h4-10,13-14,19H,11-12,15-16H2,1-3H3. The lowest BCUT2D eigenvalue weighted by Crippen LogP contribution is -2.29. The Hall–Kier alpha value is -2.84. The molecule has 0 aliphatic carbocycles. The fourth-order valence-electron chi connectivity index (χ4n) is 4.06. The third kappa shape index (κ3) is 4.18. The summed E-state index contributed by atoms with van der Waals surface area (Å²) in [5, 5.41) is 0. The third-order valence-electron chi connectivity index (χ3n) is 5.77. The maximum atomic E-state index is 13.4. The van der Waals surface area contributed by atoms with Crippen LogP contribution in [-0.4, -0.2) is 49.6 Å². The van der Waals surface area contributed by atoms with Gasteiger partial charge in [-0.2, -0.15) is 4.31 Å². The minimum atomic E-state index is -3.73. The predicted octanol–water partition coefficient (Wildman–Crippen LogP) is 3.44. The van der Waals surface area contributed by atoms with Crippen molar-refractivity contribution < 1.29 is 17.9 Å². The lowest BCUT2D eigenvalue weighted by Gasteiger charge is -2.19. The molecular weight excluding hydrogens is 414 g/mol. The molecule has 0 radical (unpaired) electrons. The fourth-order valence-corrected chi connectivity index (χ4v) is 5.73. The summed E-state index contributed by atoms with van der Waals surface area (Å²) in [6.45, 7) is 3.57. The van der Waals surface area contributed by atoms with Gasteiger partial charge in [-0.25, -0.2) is 13.4 Å². The molecule has 1 aliphatic rings. The molecule has 1 fully saturated rings. The van der Waals surface area contributed by atoms with E-state index in [1.54, 1.807) is 12.1 Å². The summed E-state index contributed by atoms with van der Waals surface area (Å²) in [7, 11) is -0.747. The van der Waals surface area contributed by atoms with E-state index in [0.29, 0.717) is 24.6 Å². The van der Waals surface area contributed by atoms with Crippen LogP contribution in [0.1, 0.15) is 29.4 Å². The van der Waals surface area contributed by atoms with Crippen LogP contribution in [0.25, 0.3) is 0 Å². The quantitative estimate of drug-likeness (QED) is 0.562. The summed E-state index contributed by atoms with van der Waals surface area (Å²) in [5.74, 6) is 1.75. The first-order valence-electron chi connectivity index (χ1n) is 10.2. The molecule has 8 heteroatoms. The van der Waals surface area contributed by atoms with Crippen molar-refractivity contribution in [3.63, 3.8) is 0 Å². The Labute approximate surface area is 183 Å². The van der Waals surface area contributed by atoms with Gasteiger partial charge in [0.05, 0.1) is 14.2 Å². The molecule has 4 rings (SSSR count). The number of sulfonamides is 1. The SMILES string of the molecule is COc1ccc(OC)c(S(=O)(=O)N2CCC(c3ncc(C)n3Cc3ccccc3)C2)c1. The molecule has 1 atom stereocenters. The van der Waals surface area contributed by atoms with Crippen LogP contribution in [0.5, 0.6) is 11.5 Å². The molecule has 2 heterocycles. The Morgan fingerprint density at radius 3 is 2.58 bits per heavy atom. The van der Waals surface area contributed by atoms with Gasteiger partial charge in [0.1, 0.15) is 22.2 Å². The van der Waals surface area contributed by atoms with Crippen molar-refractivity contribution in [2.75, 3.05) is 27.3 Å². The van der Waals surface area contributed by atoms with E-state index in [-0.39, 0.29) is 10.8 Å². The van der Waals surface area contributed by atoms with Gasteiger partial charge in [-0.15, -0.1) is 0 Å². The van der Waals surface area contributed by atoms with Crippen molar-refractivity contribution in [2.45, 2.75) is 30.7 Å². The number of rotatable bonds is 7. The number of aromatic nitrogens is 2. The molecular formula is C23H27N3O4S. The summed E-state index contributed by atoms with van der Waals surface area (Å²) in [6.07, 6.45) is 2.58. The smallest absolute Gasteiger partial charge is 0.246 e. The lowest BCUT2D eigenvalue weighted by molar-refractivity contribution is 0.388. The molecule has 31 heavy (non-hydrogen) atoms. The van der Waals surface area contributed by atoms with Crippen LogP contribution >= 0.6 is 0 Å². The van der Waals surface area contributed by atoms with E-state index >= 15 is 0 Å². The number of benzene rings is 2. The Morgan fingerprint density at radius 1 is 1.10 bits per heavy atom. The minimum Gasteiger partial charge on any atom is -0.497 e. The molecule has 7 nitrogen and oxygen atoms in total. The van der Waals surface area contributed by atoms with Crippen molar-refractivity contribution in [2.24, 2.45) is 0 Å². The first-order chi connectivity index (χ1) is 14.9. The molecule has 0 bridgehead atoms. The highest BCUT2D eigenvalue weighted by atomic mass is 32.2. The number of hydrogen-bond donors (Lipinski definition) is 0. The molecule has 1 aliphatic heterocycles. The first kappa shape index (κ1) is 21.4. The van der Waals surface area contributed by atoms with Crippen molar-refractivity contribution in [1.29, 1.82) is 0 Å². The van der Waals surface area contributed by atoms with Gasteiger partial charge in [0.2, 0.25) is 10.0 Å². The number of imidazole rings is 1. The number of aryl methyl sites for hydroxylation is 1. The second-order valence-corrected chi connectivity index (χ2v) is 9.60. The van der Waals surface area contributed by atoms with Gasteiger partial charge in [0, 0.05) is 43.5 Å². The van der Waals surface area contributed by atoms with Crippen LogP contribution in [0, 0.1) is 6.92 Å². The number of ether oxygens (including phenoxy) is 2. The molecule has 1 unspecified atom stereocenters. The zero-order valence-electron chi connectivity index (χ0n) is 18.0. The van der Waals surface area contributed by atoms with Gasteiger partial charge in [0.25, 0.3) is 0 Å². The fraction of sp³-hybridized carbons (Fsp3) is 0.348. The second-order valence-electron chi connectivity index (χ2n) is 7.69. The highest BCUT2D eigenvalue weighted by Crippen LogP contribution is 2.35. The van der Waals surface area contributed by atoms with E-state index in [0.717, 1.165) is 24.5 Å². The Balaban J connectivity index is 1.59. The highest BCUT2D eigenvalue weighted by Gasteiger charge is 2.37. The average molecular weight is 442 g/mol. The van der Waals surface area contributed by atoms with Crippen LogP contribution in [0.15, 0.2) is 59.6 Å². The highest BCUT2D eigenvalue weighted by molar-refractivity contribution is 7.89. The van der Waals surface area contributed by atoms with Crippen molar-refractivity contribution >= 4 is 10.0 Å². The molecule has 0 N–H and O–H groups in total. The van der Waals surface area contributed by atoms with Crippen molar-refractivity contribution in [1.82, 2.24) is 13.9 Å². The van der Waals surface area contributed by atoms with Crippen LogP contribution < -0.4 is 9.47 Å². The molecule has 0 amide bonds. The molecule has 0 saturated carbocycles. The maximum Gasteiger partial charge on any atom is 0.246 e.